The smallest absolute Gasteiger partial charge is 0.0544 e. The van der Waals surface area contributed by atoms with E-state index in [-0.39, 0.29) is 0 Å². The predicted molar refractivity (Wildman–Crippen MR) is 67.3 cm³/mol. The second kappa shape index (κ2) is 10.4. The van der Waals surface area contributed by atoms with Crippen LogP contribution in [0, 0.1) is 5.92 Å². The summed E-state index contributed by atoms with van der Waals surface area (Å²) in [5.74, 6) is 0.763. The molecule has 1 unspecified atom stereocenters. The van der Waals surface area contributed by atoms with Crippen molar-refractivity contribution in [3.63, 3.8) is 0 Å². The van der Waals surface area contributed by atoms with Gasteiger partial charge in [-0.25, -0.2) is 0 Å². The largest absolute Gasteiger partial charge is 0.379 e. The molecular formula is C13H29NO. The van der Waals surface area contributed by atoms with Gasteiger partial charge < -0.3 is 10.1 Å². The van der Waals surface area contributed by atoms with Gasteiger partial charge in [0.05, 0.1) is 6.10 Å². The summed E-state index contributed by atoms with van der Waals surface area (Å²) >= 11 is 0. The molecule has 0 aliphatic carbocycles. The molecular weight excluding hydrogens is 186 g/mol. The van der Waals surface area contributed by atoms with Crippen LogP contribution in [0.4, 0.5) is 0 Å². The normalized spacial score (nSPS) is 13.4. The highest BCUT2D eigenvalue weighted by molar-refractivity contribution is 4.52. The van der Waals surface area contributed by atoms with Crippen molar-refractivity contribution in [2.24, 2.45) is 5.92 Å². The van der Waals surface area contributed by atoms with Crippen molar-refractivity contribution in [1.82, 2.24) is 5.32 Å². The number of nitrogens with one attached hydrogen (secondary N) is 1. The minimum Gasteiger partial charge on any atom is -0.379 e. The minimum absolute atomic E-state index is 0.434. The Morgan fingerprint density at radius 1 is 1.07 bits per heavy atom. The molecule has 0 aromatic carbocycles. The number of unbranched alkanes of at least 4 members (excludes halogenated alkanes) is 2. The summed E-state index contributed by atoms with van der Waals surface area (Å²) in [6, 6.07) is 0. The first kappa shape index (κ1) is 14.9. The SMILES string of the molecule is CCC(C)OCCCCCNCC(C)C. The Morgan fingerprint density at radius 3 is 2.40 bits per heavy atom. The standard InChI is InChI=1S/C13H29NO/c1-5-13(4)15-10-8-6-7-9-14-11-12(2)3/h12-14H,5-11H2,1-4H3. The molecule has 0 aromatic heterocycles. The monoisotopic (exact) mass is 215 g/mol. The van der Waals surface area contributed by atoms with E-state index in [1.54, 1.807) is 0 Å². The molecule has 0 aromatic rings. The lowest BCUT2D eigenvalue weighted by atomic mass is 10.2. The highest BCUT2D eigenvalue weighted by Gasteiger charge is 1.97. The summed E-state index contributed by atoms with van der Waals surface area (Å²) in [6.45, 7) is 12.0. The van der Waals surface area contributed by atoms with Crippen LogP contribution in [0.3, 0.4) is 0 Å². The average Bonchev–Trinajstić information content (AvgIpc) is 2.21. The number of rotatable bonds is 10. The van der Waals surface area contributed by atoms with Crippen LogP contribution in [0.1, 0.15) is 53.4 Å². The quantitative estimate of drug-likeness (QED) is 0.565. The summed E-state index contributed by atoms with van der Waals surface area (Å²) in [5, 5.41) is 3.45. The lowest BCUT2D eigenvalue weighted by Crippen LogP contribution is -2.20. The fourth-order valence-electron chi connectivity index (χ4n) is 1.32. The van der Waals surface area contributed by atoms with Crippen molar-refractivity contribution in [1.29, 1.82) is 0 Å². The molecule has 2 nitrogen and oxygen atoms in total. The van der Waals surface area contributed by atoms with Crippen LogP contribution < -0.4 is 5.32 Å². The summed E-state index contributed by atoms with van der Waals surface area (Å²) in [5.41, 5.74) is 0. The van der Waals surface area contributed by atoms with E-state index in [0.29, 0.717) is 6.10 Å². The lowest BCUT2D eigenvalue weighted by molar-refractivity contribution is 0.0608. The van der Waals surface area contributed by atoms with Gasteiger partial charge in [-0.15, -0.1) is 0 Å². The van der Waals surface area contributed by atoms with Gasteiger partial charge in [-0.1, -0.05) is 20.8 Å². The molecule has 92 valence electrons. The van der Waals surface area contributed by atoms with E-state index in [9.17, 15) is 0 Å². The third-order valence-electron chi connectivity index (χ3n) is 2.53. The molecule has 0 fully saturated rings. The molecule has 1 N–H and O–H groups in total. The zero-order valence-corrected chi connectivity index (χ0v) is 11.0. The van der Waals surface area contributed by atoms with Crippen LogP contribution in [-0.2, 0) is 4.74 Å². The van der Waals surface area contributed by atoms with Gasteiger partial charge >= 0.3 is 0 Å². The van der Waals surface area contributed by atoms with Crippen LogP contribution in [-0.4, -0.2) is 25.8 Å². The van der Waals surface area contributed by atoms with Gasteiger partial charge in [0.25, 0.3) is 0 Å². The van der Waals surface area contributed by atoms with Gasteiger partial charge in [-0.05, 0) is 51.6 Å². The fraction of sp³-hybridized carbons (Fsp3) is 1.00. The van der Waals surface area contributed by atoms with Crippen molar-refractivity contribution in [2.75, 3.05) is 19.7 Å². The maximum Gasteiger partial charge on any atom is 0.0544 e. The van der Waals surface area contributed by atoms with Crippen molar-refractivity contribution in [3.05, 3.63) is 0 Å². The molecule has 0 aliphatic heterocycles. The maximum absolute atomic E-state index is 5.62. The molecule has 1 atom stereocenters. The molecule has 0 saturated carbocycles. The lowest BCUT2D eigenvalue weighted by Gasteiger charge is -2.10. The van der Waals surface area contributed by atoms with Crippen molar-refractivity contribution < 1.29 is 4.74 Å². The molecule has 0 heterocycles. The first-order valence-electron chi connectivity index (χ1n) is 6.49. The van der Waals surface area contributed by atoms with E-state index in [1.165, 1.54) is 19.3 Å². The van der Waals surface area contributed by atoms with E-state index in [0.717, 1.165) is 32.0 Å². The molecule has 0 rings (SSSR count). The van der Waals surface area contributed by atoms with Gasteiger partial charge in [0.15, 0.2) is 0 Å². The molecule has 15 heavy (non-hydrogen) atoms. The molecule has 0 amide bonds. The van der Waals surface area contributed by atoms with Crippen molar-refractivity contribution in [2.45, 2.75) is 59.5 Å². The van der Waals surface area contributed by atoms with E-state index < -0.39 is 0 Å². The Morgan fingerprint density at radius 2 is 1.80 bits per heavy atom. The van der Waals surface area contributed by atoms with Crippen molar-refractivity contribution >= 4 is 0 Å². The number of hydrogen-bond donors (Lipinski definition) is 1. The Hall–Kier alpha value is -0.0800. The molecule has 0 saturated heterocycles. The molecule has 0 spiro atoms. The number of hydrogen-bond acceptors (Lipinski definition) is 2. The summed E-state index contributed by atoms with van der Waals surface area (Å²) in [7, 11) is 0. The maximum atomic E-state index is 5.62. The van der Waals surface area contributed by atoms with E-state index in [2.05, 4.69) is 33.0 Å². The van der Waals surface area contributed by atoms with Gasteiger partial charge in [-0.3, -0.25) is 0 Å². The van der Waals surface area contributed by atoms with Gasteiger partial charge in [-0.2, -0.15) is 0 Å². The third kappa shape index (κ3) is 11.8. The predicted octanol–water partition coefficient (Wildman–Crippen LogP) is 3.22. The Kier molecular flexibility index (Phi) is 10.4. The zero-order valence-electron chi connectivity index (χ0n) is 11.0. The van der Waals surface area contributed by atoms with E-state index in [1.807, 2.05) is 0 Å². The van der Waals surface area contributed by atoms with Crippen LogP contribution >= 0.6 is 0 Å². The highest BCUT2D eigenvalue weighted by atomic mass is 16.5. The van der Waals surface area contributed by atoms with Crippen LogP contribution in [0.25, 0.3) is 0 Å². The van der Waals surface area contributed by atoms with Crippen molar-refractivity contribution in [3.8, 4) is 0 Å². The first-order chi connectivity index (χ1) is 7.16. The van der Waals surface area contributed by atoms with Crippen LogP contribution in [0.5, 0.6) is 0 Å². The molecule has 2 heteroatoms. The summed E-state index contributed by atoms with van der Waals surface area (Å²) < 4.78 is 5.62. The van der Waals surface area contributed by atoms with Crippen LogP contribution in [0.2, 0.25) is 0 Å². The van der Waals surface area contributed by atoms with Crippen LogP contribution in [0.15, 0.2) is 0 Å². The zero-order chi connectivity index (χ0) is 11.5. The second-order valence-electron chi connectivity index (χ2n) is 4.75. The topological polar surface area (TPSA) is 21.3 Å². The molecule has 0 aliphatic rings. The van der Waals surface area contributed by atoms with E-state index in [4.69, 9.17) is 4.74 Å². The number of ether oxygens (including phenoxy) is 1. The Labute approximate surface area is 95.8 Å². The Balaban J connectivity index is 2.99. The van der Waals surface area contributed by atoms with E-state index >= 15 is 0 Å². The highest BCUT2D eigenvalue weighted by Crippen LogP contribution is 2.00. The van der Waals surface area contributed by atoms with Gasteiger partial charge in [0.2, 0.25) is 0 Å². The third-order valence-corrected chi connectivity index (χ3v) is 2.53. The average molecular weight is 215 g/mol. The summed E-state index contributed by atoms with van der Waals surface area (Å²) in [4.78, 5) is 0. The molecule has 0 bridgehead atoms. The fourth-order valence-corrected chi connectivity index (χ4v) is 1.32. The second-order valence-corrected chi connectivity index (χ2v) is 4.75. The molecule has 0 radical (unpaired) electrons. The van der Waals surface area contributed by atoms with Gasteiger partial charge in [0, 0.05) is 6.61 Å². The van der Waals surface area contributed by atoms with Gasteiger partial charge in [0.1, 0.15) is 0 Å². The Bertz CT molecular complexity index is 126. The minimum atomic E-state index is 0.434. The first-order valence-corrected chi connectivity index (χ1v) is 6.49. The summed E-state index contributed by atoms with van der Waals surface area (Å²) in [6.07, 6.45) is 5.31.